The van der Waals surface area contributed by atoms with Gasteiger partial charge in [-0.05, 0) is 18.6 Å². The van der Waals surface area contributed by atoms with Crippen LogP contribution in [-0.2, 0) is 9.53 Å². The number of carbonyl (C=O) groups is 1. The van der Waals surface area contributed by atoms with Crippen molar-refractivity contribution in [3.05, 3.63) is 35.4 Å². The number of rotatable bonds is 3. The number of nitrogens with zero attached hydrogens (tertiary/aromatic N) is 1. The summed E-state index contributed by atoms with van der Waals surface area (Å²) in [4.78, 5) is 11.5. The Morgan fingerprint density at radius 3 is 2.81 bits per heavy atom. The van der Waals surface area contributed by atoms with E-state index in [4.69, 9.17) is 16.4 Å². The Labute approximate surface area is 94.7 Å². The molecule has 0 saturated carbocycles. The normalized spacial score (nSPS) is 10.9. The number of hydrogen-bond donors (Lipinski definition) is 0. The summed E-state index contributed by atoms with van der Waals surface area (Å²) >= 11 is 0. The molecule has 1 atom stereocenters. The minimum atomic E-state index is -0.952. The maximum absolute atomic E-state index is 11.5. The van der Waals surface area contributed by atoms with Crippen LogP contribution in [0.25, 0.3) is 0 Å². The van der Waals surface area contributed by atoms with Crippen LogP contribution in [0, 0.1) is 23.7 Å². The lowest BCUT2D eigenvalue weighted by Crippen LogP contribution is -2.15. The molecule has 1 rings (SSSR count). The van der Waals surface area contributed by atoms with Gasteiger partial charge in [-0.2, -0.15) is 5.26 Å². The van der Waals surface area contributed by atoms with Gasteiger partial charge in [0.1, 0.15) is 0 Å². The summed E-state index contributed by atoms with van der Waals surface area (Å²) in [6, 6.07) is 8.77. The van der Waals surface area contributed by atoms with Gasteiger partial charge in [-0.25, -0.2) is 0 Å². The van der Waals surface area contributed by atoms with E-state index in [1.54, 1.807) is 31.2 Å². The van der Waals surface area contributed by atoms with Gasteiger partial charge in [0.2, 0.25) is 0 Å². The summed E-state index contributed by atoms with van der Waals surface area (Å²) in [5.74, 6) is 0.934. The Balaban J connectivity index is 3.11. The first kappa shape index (κ1) is 11.8. The topological polar surface area (TPSA) is 50.1 Å². The maximum atomic E-state index is 11.5. The highest BCUT2D eigenvalue weighted by Crippen LogP contribution is 2.20. The predicted molar refractivity (Wildman–Crippen MR) is 59.4 cm³/mol. The van der Waals surface area contributed by atoms with E-state index < -0.39 is 11.9 Å². The molecule has 0 aliphatic heterocycles. The summed E-state index contributed by atoms with van der Waals surface area (Å²) in [7, 11) is 0. The van der Waals surface area contributed by atoms with Gasteiger partial charge in [-0.1, -0.05) is 24.1 Å². The molecule has 0 bridgehead atoms. The second kappa shape index (κ2) is 5.58. The number of nitriles is 1. The standard InChI is InChI=1S/C13H11NO2/c1-3-10-7-5-6-8-11(10)12(9-14)13(15)16-4-2/h1,5-8,12H,4H2,2H3. The van der Waals surface area contributed by atoms with Gasteiger partial charge in [0.25, 0.3) is 0 Å². The molecule has 0 aromatic heterocycles. The molecule has 1 aromatic rings. The third-order valence-electron chi connectivity index (χ3n) is 2.08. The first-order valence-corrected chi connectivity index (χ1v) is 4.86. The van der Waals surface area contributed by atoms with Crippen molar-refractivity contribution in [2.45, 2.75) is 12.8 Å². The van der Waals surface area contributed by atoms with Gasteiger partial charge in [0.05, 0.1) is 12.7 Å². The lowest BCUT2D eigenvalue weighted by molar-refractivity contribution is -0.143. The van der Waals surface area contributed by atoms with Crippen molar-refractivity contribution in [1.82, 2.24) is 0 Å². The van der Waals surface area contributed by atoms with Crippen molar-refractivity contribution in [2.75, 3.05) is 6.61 Å². The molecule has 0 N–H and O–H groups in total. The molecule has 0 radical (unpaired) electrons. The van der Waals surface area contributed by atoms with E-state index in [0.717, 1.165) is 0 Å². The third-order valence-corrected chi connectivity index (χ3v) is 2.08. The van der Waals surface area contributed by atoms with Crippen LogP contribution in [0.2, 0.25) is 0 Å². The molecule has 0 aliphatic rings. The summed E-state index contributed by atoms with van der Waals surface area (Å²) in [5, 5.41) is 8.98. The van der Waals surface area contributed by atoms with Crippen LogP contribution in [0.15, 0.2) is 24.3 Å². The average Bonchev–Trinajstić information content (AvgIpc) is 2.31. The number of terminal acetylenes is 1. The van der Waals surface area contributed by atoms with Gasteiger partial charge in [-0.15, -0.1) is 6.42 Å². The van der Waals surface area contributed by atoms with Crippen LogP contribution in [-0.4, -0.2) is 12.6 Å². The molecule has 0 heterocycles. The molecule has 0 fully saturated rings. The Hall–Kier alpha value is -2.26. The van der Waals surface area contributed by atoms with E-state index in [1.165, 1.54) is 0 Å². The second-order valence-corrected chi connectivity index (χ2v) is 3.05. The highest BCUT2D eigenvalue weighted by Gasteiger charge is 2.23. The van der Waals surface area contributed by atoms with E-state index in [2.05, 4.69) is 5.92 Å². The summed E-state index contributed by atoms with van der Waals surface area (Å²) in [6.45, 7) is 1.94. The zero-order valence-corrected chi connectivity index (χ0v) is 8.93. The van der Waals surface area contributed by atoms with Crippen molar-refractivity contribution in [1.29, 1.82) is 5.26 Å². The quantitative estimate of drug-likeness (QED) is 0.568. The highest BCUT2D eigenvalue weighted by atomic mass is 16.5. The largest absolute Gasteiger partial charge is 0.465 e. The molecule has 80 valence electrons. The highest BCUT2D eigenvalue weighted by molar-refractivity contribution is 5.82. The molecular formula is C13H11NO2. The van der Waals surface area contributed by atoms with E-state index in [9.17, 15) is 4.79 Å². The van der Waals surface area contributed by atoms with Gasteiger partial charge in [0.15, 0.2) is 5.92 Å². The minimum absolute atomic E-state index is 0.245. The lowest BCUT2D eigenvalue weighted by Gasteiger charge is -2.10. The fourth-order valence-electron chi connectivity index (χ4n) is 1.35. The number of carbonyl (C=O) groups excluding carboxylic acids is 1. The molecule has 16 heavy (non-hydrogen) atoms. The van der Waals surface area contributed by atoms with Gasteiger partial charge in [0, 0.05) is 5.56 Å². The minimum Gasteiger partial charge on any atom is -0.465 e. The molecule has 3 heteroatoms. The monoisotopic (exact) mass is 213 g/mol. The summed E-state index contributed by atoms with van der Waals surface area (Å²) in [5.41, 5.74) is 1.06. The van der Waals surface area contributed by atoms with Gasteiger partial charge < -0.3 is 4.74 Å². The van der Waals surface area contributed by atoms with Crippen molar-refractivity contribution < 1.29 is 9.53 Å². The van der Waals surface area contributed by atoms with Crippen LogP contribution in [0.3, 0.4) is 0 Å². The Morgan fingerprint density at radius 1 is 1.56 bits per heavy atom. The number of benzene rings is 1. The molecule has 0 amide bonds. The average molecular weight is 213 g/mol. The fourth-order valence-corrected chi connectivity index (χ4v) is 1.35. The molecular weight excluding hydrogens is 202 g/mol. The summed E-state index contributed by atoms with van der Waals surface area (Å²) in [6.07, 6.45) is 5.31. The maximum Gasteiger partial charge on any atom is 0.327 e. The van der Waals surface area contributed by atoms with Gasteiger partial charge >= 0.3 is 5.97 Å². The lowest BCUT2D eigenvalue weighted by atomic mass is 9.96. The van der Waals surface area contributed by atoms with Crippen LogP contribution < -0.4 is 0 Å². The second-order valence-electron chi connectivity index (χ2n) is 3.05. The SMILES string of the molecule is C#Cc1ccccc1C(C#N)C(=O)OCC. The number of hydrogen-bond acceptors (Lipinski definition) is 3. The van der Waals surface area contributed by atoms with Crippen LogP contribution in [0.4, 0.5) is 0 Å². The van der Waals surface area contributed by atoms with Crippen LogP contribution in [0.5, 0.6) is 0 Å². The van der Waals surface area contributed by atoms with Crippen molar-refractivity contribution in [3.8, 4) is 18.4 Å². The smallest absolute Gasteiger partial charge is 0.327 e. The Kier molecular flexibility index (Phi) is 4.12. The predicted octanol–water partition coefficient (Wildman–Crippen LogP) is 1.84. The first-order chi connectivity index (χ1) is 7.74. The molecule has 1 aromatic carbocycles. The zero-order chi connectivity index (χ0) is 12.0. The molecule has 1 unspecified atom stereocenters. The first-order valence-electron chi connectivity index (χ1n) is 4.86. The molecule has 3 nitrogen and oxygen atoms in total. The van der Waals surface area contributed by atoms with E-state index in [0.29, 0.717) is 11.1 Å². The van der Waals surface area contributed by atoms with E-state index in [1.807, 2.05) is 6.07 Å². The van der Waals surface area contributed by atoms with E-state index >= 15 is 0 Å². The Bertz CT molecular complexity index is 466. The fraction of sp³-hybridized carbons (Fsp3) is 0.231. The van der Waals surface area contributed by atoms with E-state index in [-0.39, 0.29) is 6.61 Å². The molecule has 0 aliphatic carbocycles. The molecule has 0 spiro atoms. The van der Waals surface area contributed by atoms with Crippen molar-refractivity contribution in [2.24, 2.45) is 0 Å². The van der Waals surface area contributed by atoms with Gasteiger partial charge in [-0.3, -0.25) is 4.79 Å². The zero-order valence-electron chi connectivity index (χ0n) is 8.93. The Morgan fingerprint density at radius 2 is 2.25 bits per heavy atom. The van der Waals surface area contributed by atoms with Crippen LogP contribution >= 0.6 is 0 Å². The van der Waals surface area contributed by atoms with Crippen molar-refractivity contribution >= 4 is 5.97 Å². The number of esters is 1. The molecule has 0 saturated heterocycles. The van der Waals surface area contributed by atoms with Crippen LogP contribution in [0.1, 0.15) is 24.0 Å². The third kappa shape index (κ3) is 2.40. The number of ether oxygens (including phenoxy) is 1. The summed E-state index contributed by atoms with van der Waals surface area (Å²) < 4.78 is 4.82. The van der Waals surface area contributed by atoms with Crippen molar-refractivity contribution in [3.63, 3.8) is 0 Å².